The van der Waals surface area contributed by atoms with E-state index in [9.17, 15) is 22.7 Å². The number of hydrogen-bond donors (Lipinski definition) is 1. The van der Waals surface area contributed by atoms with Gasteiger partial charge in [0.1, 0.15) is 11.4 Å². The molecule has 0 spiro atoms. The minimum Gasteiger partial charge on any atom is -0.480 e. The molecule has 21 heavy (non-hydrogen) atoms. The van der Waals surface area contributed by atoms with Gasteiger partial charge in [0.05, 0.1) is 9.92 Å². The highest BCUT2D eigenvalue weighted by Crippen LogP contribution is 2.37. The molecule has 1 aliphatic heterocycles. The standard InChI is InChI=1S/C13H15ClFNO4S/c1-2-13(12(17)18)6-3-7-16(13)21(19,20)9-4-5-11(15)10(14)8-9/h4-5,8H,2-3,6-7H2,1H3,(H,17,18). The summed E-state index contributed by atoms with van der Waals surface area (Å²) >= 11 is 5.62. The maximum Gasteiger partial charge on any atom is 0.325 e. The van der Waals surface area contributed by atoms with Gasteiger partial charge in [-0.3, -0.25) is 4.79 Å². The van der Waals surface area contributed by atoms with Crippen molar-refractivity contribution < 1.29 is 22.7 Å². The van der Waals surface area contributed by atoms with Crippen LogP contribution in [0.2, 0.25) is 5.02 Å². The van der Waals surface area contributed by atoms with Crippen molar-refractivity contribution in [3.8, 4) is 0 Å². The third-order valence-electron chi connectivity index (χ3n) is 3.89. The summed E-state index contributed by atoms with van der Waals surface area (Å²) in [6, 6.07) is 3.06. The number of carbonyl (C=O) groups is 1. The third-order valence-corrected chi connectivity index (χ3v) is 6.14. The first-order chi connectivity index (χ1) is 9.75. The van der Waals surface area contributed by atoms with E-state index in [4.69, 9.17) is 11.6 Å². The van der Waals surface area contributed by atoms with E-state index in [1.165, 1.54) is 0 Å². The van der Waals surface area contributed by atoms with Crippen molar-refractivity contribution in [1.29, 1.82) is 0 Å². The van der Waals surface area contributed by atoms with Gasteiger partial charge in [-0.1, -0.05) is 18.5 Å². The van der Waals surface area contributed by atoms with Gasteiger partial charge in [0.15, 0.2) is 0 Å². The molecule has 8 heteroatoms. The van der Waals surface area contributed by atoms with E-state index in [0.29, 0.717) is 6.42 Å². The fourth-order valence-electron chi connectivity index (χ4n) is 2.69. The van der Waals surface area contributed by atoms with E-state index in [1.54, 1.807) is 6.92 Å². The van der Waals surface area contributed by atoms with E-state index >= 15 is 0 Å². The Morgan fingerprint density at radius 3 is 2.71 bits per heavy atom. The Labute approximate surface area is 127 Å². The first-order valence-electron chi connectivity index (χ1n) is 6.47. The van der Waals surface area contributed by atoms with Gasteiger partial charge in [-0.25, -0.2) is 12.8 Å². The molecule has 0 saturated carbocycles. The topological polar surface area (TPSA) is 74.7 Å². The average molecular weight is 336 g/mol. The van der Waals surface area contributed by atoms with Crippen molar-refractivity contribution >= 4 is 27.6 Å². The molecular weight excluding hydrogens is 321 g/mol. The van der Waals surface area contributed by atoms with E-state index in [2.05, 4.69) is 0 Å². The molecule has 116 valence electrons. The Kier molecular flexibility index (Phi) is 4.28. The zero-order valence-corrected chi connectivity index (χ0v) is 12.9. The lowest BCUT2D eigenvalue weighted by molar-refractivity contribution is -0.147. The van der Waals surface area contributed by atoms with Crippen LogP contribution in [0.25, 0.3) is 0 Å². The highest BCUT2D eigenvalue weighted by Gasteiger charge is 2.52. The van der Waals surface area contributed by atoms with Crippen LogP contribution in [0.5, 0.6) is 0 Å². The molecule has 1 heterocycles. The number of rotatable bonds is 4. The Hall–Kier alpha value is -1.18. The van der Waals surface area contributed by atoms with E-state index in [1.807, 2.05) is 0 Å². The summed E-state index contributed by atoms with van der Waals surface area (Å²) in [4.78, 5) is 11.4. The quantitative estimate of drug-likeness (QED) is 0.917. The molecule has 1 fully saturated rings. The Morgan fingerprint density at radius 1 is 1.52 bits per heavy atom. The lowest BCUT2D eigenvalue weighted by atomic mass is 9.95. The first-order valence-corrected chi connectivity index (χ1v) is 8.29. The number of nitrogens with zero attached hydrogens (tertiary/aromatic N) is 1. The summed E-state index contributed by atoms with van der Waals surface area (Å²) in [6.07, 6.45) is 0.887. The molecule has 1 N–H and O–H groups in total. The average Bonchev–Trinajstić information content (AvgIpc) is 2.87. The molecule has 1 unspecified atom stereocenters. The molecule has 1 aromatic carbocycles. The second kappa shape index (κ2) is 5.55. The number of sulfonamides is 1. The largest absolute Gasteiger partial charge is 0.480 e. The monoisotopic (exact) mass is 335 g/mol. The number of benzene rings is 1. The van der Waals surface area contributed by atoms with E-state index < -0.39 is 27.3 Å². The molecule has 5 nitrogen and oxygen atoms in total. The van der Waals surface area contributed by atoms with Crippen molar-refractivity contribution in [3.63, 3.8) is 0 Å². The van der Waals surface area contributed by atoms with Gasteiger partial charge in [0.2, 0.25) is 10.0 Å². The van der Waals surface area contributed by atoms with Crippen LogP contribution in [0.15, 0.2) is 23.1 Å². The molecule has 0 bridgehead atoms. The number of aliphatic carboxylic acids is 1. The molecule has 2 rings (SSSR count). The predicted molar refractivity (Wildman–Crippen MR) is 75.2 cm³/mol. The fourth-order valence-corrected chi connectivity index (χ4v) is 4.82. The number of carboxylic acids is 1. The van der Waals surface area contributed by atoms with E-state index in [-0.39, 0.29) is 29.3 Å². The summed E-state index contributed by atoms with van der Waals surface area (Å²) in [6.45, 7) is 1.76. The molecule has 1 aromatic rings. The minimum atomic E-state index is -4.04. The Bertz CT molecular complexity index is 679. The SMILES string of the molecule is CCC1(C(=O)O)CCCN1S(=O)(=O)c1ccc(F)c(Cl)c1. The van der Waals surface area contributed by atoms with Gasteiger partial charge >= 0.3 is 5.97 Å². The zero-order valence-electron chi connectivity index (χ0n) is 11.3. The van der Waals surface area contributed by atoms with Crippen molar-refractivity contribution in [2.75, 3.05) is 6.54 Å². The minimum absolute atomic E-state index is 0.122. The lowest BCUT2D eigenvalue weighted by Gasteiger charge is -2.32. The predicted octanol–water partition coefficient (Wildman–Crippen LogP) is 2.50. The summed E-state index contributed by atoms with van der Waals surface area (Å²) < 4.78 is 39.5. The molecule has 1 saturated heterocycles. The highest BCUT2D eigenvalue weighted by molar-refractivity contribution is 7.89. The fraction of sp³-hybridized carbons (Fsp3) is 0.462. The van der Waals surface area contributed by atoms with Crippen LogP contribution in [0.3, 0.4) is 0 Å². The van der Waals surface area contributed by atoms with Crippen molar-refractivity contribution in [3.05, 3.63) is 29.0 Å². The summed E-state index contributed by atoms with van der Waals surface area (Å²) in [5.41, 5.74) is -1.44. The van der Waals surface area contributed by atoms with Crippen LogP contribution in [-0.4, -0.2) is 35.9 Å². The summed E-state index contributed by atoms with van der Waals surface area (Å²) in [5, 5.41) is 9.14. The van der Waals surface area contributed by atoms with Crippen LogP contribution in [-0.2, 0) is 14.8 Å². The van der Waals surface area contributed by atoms with Gasteiger partial charge in [0.25, 0.3) is 0 Å². The van der Waals surface area contributed by atoms with Gasteiger partial charge in [-0.2, -0.15) is 4.31 Å². The van der Waals surface area contributed by atoms with Crippen molar-refractivity contribution in [1.82, 2.24) is 4.31 Å². The maximum absolute atomic E-state index is 13.2. The van der Waals surface area contributed by atoms with Crippen molar-refractivity contribution in [2.24, 2.45) is 0 Å². The second-order valence-corrected chi connectivity index (χ2v) is 7.22. The van der Waals surface area contributed by atoms with E-state index in [0.717, 1.165) is 22.5 Å². The Morgan fingerprint density at radius 2 is 2.19 bits per heavy atom. The first kappa shape index (κ1) is 16.2. The highest BCUT2D eigenvalue weighted by atomic mass is 35.5. The molecule has 1 aliphatic rings. The molecule has 0 aliphatic carbocycles. The normalized spacial score (nSPS) is 23.4. The number of hydrogen-bond acceptors (Lipinski definition) is 3. The molecule has 0 aromatic heterocycles. The van der Waals surface area contributed by atoms with Gasteiger partial charge < -0.3 is 5.11 Å². The number of halogens is 2. The number of carboxylic acid groups (broad SMARTS) is 1. The van der Waals surface area contributed by atoms with Crippen LogP contribution < -0.4 is 0 Å². The van der Waals surface area contributed by atoms with Crippen LogP contribution in [0.1, 0.15) is 26.2 Å². The van der Waals surface area contributed by atoms with Crippen molar-refractivity contribution in [2.45, 2.75) is 36.6 Å². The van der Waals surface area contributed by atoms with Crippen LogP contribution >= 0.6 is 11.6 Å². The second-order valence-electron chi connectivity index (χ2n) is 4.95. The summed E-state index contributed by atoms with van der Waals surface area (Å²) in [5.74, 6) is -1.89. The third kappa shape index (κ3) is 2.54. The molecular formula is C13H15ClFNO4S. The lowest BCUT2D eigenvalue weighted by Crippen LogP contribution is -2.52. The molecule has 1 atom stereocenters. The van der Waals surface area contributed by atoms with Gasteiger partial charge in [-0.05, 0) is 37.5 Å². The Balaban J connectivity index is 2.52. The summed E-state index contributed by atoms with van der Waals surface area (Å²) in [7, 11) is -4.04. The molecule has 0 amide bonds. The van der Waals surface area contributed by atoms with Gasteiger partial charge in [0, 0.05) is 6.54 Å². The van der Waals surface area contributed by atoms with Gasteiger partial charge in [-0.15, -0.1) is 0 Å². The zero-order chi connectivity index (χ0) is 15.8. The van der Waals surface area contributed by atoms with Crippen LogP contribution in [0, 0.1) is 5.82 Å². The van der Waals surface area contributed by atoms with Crippen LogP contribution in [0.4, 0.5) is 4.39 Å². The molecule has 0 radical (unpaired) electrons. The smallest absolute Gasteiger partial charge is 0.325 e. The maximum atomic E-state index is 13.2.